The Balaban J connectivity index is 1.46. The van der Waals surface area contributed by atoms with Gasteiger partial charge in [0.2, 0.25) is 0 Å². The summed E-state index contributed by atoms with van der Waals surface area (Å²) in [6.07, 6.45) is 0.668. The Labute approximate surface area is 194 Å². The average Bonchev–Trinajstić information content (AvgIpc) is 3.40. The molecule has 6 nitrogen and oxygen atoms in total. The Morgan fingerprint density at radius 1 is 1.09 bits per heavy atom. The van der Waals surface area contributed by atoms with Crippen LogP contribution in [0.25, 0.3) is 10.2 Å². The second-order valence-corrected chi connectivity index (χ2v) is 10.5. The molecule has 0 atom stereocenters. The minimum Gasteiger partial charge on any atom is -0.317 e. The van der Waals surface area contributed by atoms with Crippen molar-refractivity contribution in [2.75, 3.05) is 10.8 Å². The molecule has 168 valence electrons. The van der Waals surface area contributed by atoms with E-state index in [9.17, 15) is 17.6 Å². The number of rotatable bonds is 4. The predicted molar refractivity (Wildman–Crippen MR) is 126 cm³/mol. The number of hydrogen-bond acceptors (Lipinski definition) is 4. The molecule has 0 radical (unpaired) electrons. The molecule has 33 heavy (non-hydrogen) atoms. The molecule has 0 bridgehead atoms. The van der Waals surface area contributed by atoms with Gasteiger partial charge in [0, 0.05) is 18.7 Å². The molecule has 9 heteroatoms. The van der Waals surface area contributed by atoms with Crippen LogP contribution in [-0.2, 0) is 23.0 Å². The minimum atomic E-state index is -3.73. The smallest absolute Gasteiger partial charge is 0.279 e. The third-order valence-electron chi connectivity index (χ3n) is 5.69. The van der Waals surface area contributed by atoms with Crippen molar-refractivity contribution in [2.24, 2.45) is 4.99 Å². The number of amides is 1. The molecule has 1 aliphatic heterocycles. The van der Waals surface area contributed by atoms with Crippen molar-refractivity contribution in [1.29, 1.82) is 0 Å². The second-order valence-electron chi connectivity index (χ2n) is 7.64. The van der Waals surface area contributed by atoms with E-state index in [1.165, 1.54) is 52.0 Å². The quantitative estimate of drug-likeness (QED) is 0.435. The Morgan fingerprint density at radius 3 is 2.61 bits per heavy atom. The lowest BCUT2D eigenvalue weighted by molar-refractivity contribution is 0.0997. The molecule has 1 aliphatic rings. The molecule has 4 aromatic rings. The summed E-state index contributed by atoms with van der Waals surface area (Å²) >= 11 is 1.24. The molecule has 3 aromatic carbocycles. The molecule has 0 saturated heterocycles. The van der Waals surface area contributed by atoms with Crippen molar-refractivity contribution in [3.63, 3.8) is 0 Å². The molecule has 0 unspecified atom stereocenters. The first kappa shape index (κ1) is 21.5. The van der Waals surface area contributed by atoms with Crippen LogP contribution in [0.4, 0.5) is 10.1 Å². The first-order valence-corrected chi connectivity index (χ1v) is 12.7. The summed E-state index contributed by atoms with van der Waals surface area (Å²) in [6.45, 7) is 2.89. The lowest BCUT2D eigenvalue weighted by Crippen LogP contribution is -2.29. The summed E-state index contributed by atoms with van der Waals surface area (Å²) in [4.78, 5) is 17.6. The topological polar surface area (TPSA) is 71.7 Å². The third kappa shape index (κ3) is 3.77. The van der Waals surface area contributed by atoms with Crippen molar-refractivity contribution in [2.45, 2.75) is 24.8 Å². The van der Waals surface area contributed by atoms with Gasteiger partial charge in [-0.1, -0.05) is 29.5 Å². The van der Waals surface area contributed by atoms with Crippen molar-refractivity contribution in [3.8, 4) is 0 Å². The zero-order valence-electron chi connectivity index (χ0n) is 17.7. The molecule has 1 amide bonds. The number of carbonyl (C=O) groups excluding carboxylic acids is 1. The van der Waals surface area contributed by atoms with Gasteiger partial charge < -0.3 is 4.57 Å². The van der Waals surface area contributed by atoms with E-state index in [0.717, 1.165) is 11.1 Å². The summed E-state index contributed by atoms with van der Waals surface area (Å²) in [5.74, 6) is -0.831. The highest BCUT2D eigenvalue weighted by Crippen LogP contribution is 2.32. The summed E-state index contributed by atoms with van der Waals surface area (Å²) in [6, 6.07) is 17.7. The molecule has 0 spiro atoms. The molecule has 1 aromatic heterocycles. The number of anilines is 1. The zero-order chi connectivity index (χ0) is 23.2. The number of halogens is 1. The van der Waals surface area contributed by atoms with E-state index in [0.29, 0.717) is 34.7 Å². The van der Waals surface area contributed by atoms with Crippen LogP contribution in [0.2, 0.25) is 0 Å². The molecule has 0 N–H and O–H groups in total. The summed E-state index contributed by atoms with van der Waals surface area (Å²) in [5, 5.41) is 0. The van der Waals surface area contributed by atoms with Crippen LogP contribution in [0.5, 0.6) is 0 Å². The monoisotopic (exact) mass is 481 g/mol. The van der Waals surface area contributed by atoms with Gasteiger partial charge in [-0.15, -0.1) is 0 Å². The highest BCUT2D eigenvalue weighted by Gasteiger charge is 2.30. The highest BCUT2D eigenvalue weighted by atomic mass is 32.2. The number of benzene rings is 3. The average molecular weight is 482 g/mol. The first-order chi connectivity index (χ1) is 15.9. The molecule has 0 fully saturated rings. The number of para-hydroxylation sites is 1. The number of carbonyl (C=O) groups is 1. The van der Waals surface area contributed by atoms with Crippen LogP contribution < -0.4 is 9.11 Å². The summed E-state index contributed by atoms with van der Waals surface area (Å²) in [5.41, 5.74) is 2.78. The first-order valence-electron chi connectivity index (χ1n) is 10.5. The molecule has 5 rings (SSSR count). The summed E-state index contributed by atoms with van der Waals surface area (Å²) in [7, 11) is -3.73. The van der Waals surface area contributed by atoms with Gasteiger partial charge in [0.25, 0.3) is 15.9 Å². The maximum absolute atomic E-state index is 13.6. The number of aromatic nitrogens is 1. The van der Waals surface area contributed by atoms with Gasteiger partial charge in [-0.05, 0) is 67.4 Å². The molecule has 0 aliphatic carbocycles. The highest BCUT2D eigenvalue weighted by molar-refractivity contribution is 7.92. The number of thiazole rings is 1. The third-order valence-corrected chi connectivity index (χ3v) is 8.56. The second kappa shape index (κ2) is 8.24. The summed E-state index contributed by atoms with van der Waals surface area (Å²) < 4.78 is 43.9. The minimum absolute atomic E-state index is 0.122. The van der Waals surface area contributed by atoms with E-state index in [-0.39, 0.29) is 16.3 Å². The van der Waals surface area contributed by atoms with Gasteiger partial charge >= 0.3 is 0 Å². The van der Waals surface area contributed by atoms with Crippen LogP contribution in [0.3, 0.4) is 0 Å². The molecule has 0 saturated carbocycles. The Hall–Kier alpha value is -3.30. The van der Waals surface area contributed by atoms with Crippen molar-refractivity contribution in [1.82, 2.24) is 4.57 Å². The van der Waals surface area contributed by atoms with E-state index in [1.807, 2.05) is 29.7 Å². The number of hydrogen-bond donors (Lipinski definition) is 0. The SMILES string of the molecule is CCn1c(=NC(=O)c2ccc(S(=O)(=O)N3CCc4ccccc43)cc2)sc2cc(F)ccc21. The van der Waals surface area contributed by atoms with Gasteiger partial charge in [-0.2, -0.15) is 4.99 Å². The van der Waals surface area contributed by atoms with E-state index in [4.69, 9.17) is 0 Å². The number of aryl methyl sites for hydroxylation is 1. The van der Waals surface area contributed by atoms with Gasteiger partial charge in [0.15, 0.2) is 4.80 Å². The number of nitrogens with zero attached hydrogens (tertiary/aromatic N) is 3. The molecular weight excluding hydrogens is 461 g/mol. The van der Waals surface area contributed by atoms with E-state index < -0.39 is 15.9 Å². The molecule has 2 heterocycles. The van der Waals surface area contributed by atoms with Crippen LogP contribution in [-0.4, -0.2) is 25.4 Å². The standard InChI is InChI=1S/C24H20FN3O3S2/c1-2-27-21-12-9-18(25)15-22(21)32-24(27)26-23(29)17-7-10-19(11-8-17)33(30,31)28-14-13-16-5-3-4-6-20(16)28/h3-12,15H,2,13-14H2,1H3. The Morgan fingerprint density at radius 2 is 1.85 bits per heavy atom. The van der Waals surface area contributed by atoms with Gasteiger partial charge in [-0.3, -0.25) is 9.10 Å². The van der Waals surface area contributed by atoms with E-state index in [1.54, 1.807) is 12.1 Å². The number of sulfonamides is 1. The van der Waals surface area contributed by atoms with Crippen LogP contribution >= 0.6 is 11.3 Å². The van der Waals surface area contributed by atoms with Crippen molar-refractivity contribution in [3.05, 3.63) is 88.5 Å². The lowest BCUT2D eigenvalue weighted by atomic mass is 10.2. The van der Waals surface area contributed by atoms with E-state index >= 15 is 0 Å². The largest absolute Gasteiger partial charge is 0.317 e. The maximum atomic E-state index is 13.6. The maximum Gasteiger partial charge on any atom is 0.279 e. The van der Waals surface area contributed by atoms with Gasteiger partial charge in [0.05, 0.1) is 20.8 Å². The fraction of sp³-hybridized carbons (Fsp3) is 0.167. The Bertz CT molecular complexity index is 1550. The molecular formula is C24H20FN3O3S2. The van der Waals surface area contributed by atoms with Gasteiger partial charge in [0.1, 0.15) is 5.82 Å². The fourth-order valence-corrected chi connectivity index (χ4v) is 6.66. The zero-order valence-corrected chi connectivity index (χ0v) is 19.4. The van der Waals surface area contributed by atoms with Crippen LogP contribution in [0, 0.1) is 5.82 Å². The predicted octanol–water partition coefficient (Wildman–Crippen LogP) is 4.35. The van der Waals surface area contributed by atoms with Crippen molar-refractivity contribution < 1.29 is 17.6 Å². The van der Waals surface area contributed by atoms with Gasteiger partial charge in [-0.25, -0.2) is 12.8 Å². The van der Waals surface area contributed by atoms with Crippen LogP contribution in [0.15, 0.2) is 76.6 Å². The fourth-order valence-electron chi connectivity index (χ4n) is 4.04. The Kier molecular flexibility index (Phi) is 5.38. The van der Waals surface area contributed by atoms with Crippen molar-refractivity contribution >= 4 is 43.2 Å². The van der Waals surface area contributed by atoms with E-state index in [2.05, 4.69) is 4.99 Å². The number of fused-ring (bicyclic) bond motifs is 2. The van der Waals surface area contributed by atoms with Crippen LogP contribution in [0.1, 0.15) is 22.8 Å². The lowest BCUT2D eigenvalue weighted by Gasteiger charge is -2.19. The normalized spacial score (nSPS) is 14.1.